The van der Waals surface area contributed by atoms with E-state index < -0.39 is 0 Å². The molecule has 3 heterocycles. The highest BCUT2D eigenvalue weighted by Gasteiger charge is 2.26. The molecule has 1 atom stereocenters. The first-order valence-corrected chi connectivity index (χ1v) is 8.22. The Kier molecular flexibility index (Phi) is 5.35. The van der Waals surface area contributed by atoms with E-state index in [1.165, 1.54) is 0 Å². The van der Waals surface area contributed by atoms with Gasteiger partial charge in [-0.25, -0.2) is 4.98 Å². The minimum absolute atomic E-state index is 0.293. The zero-order chi connectivity index (χ0) is 16.1. The summed E-state index contributed by atoms with van der Waals surface area (Å²) in [6.07, 6.45) is 3.74. The summed E-state index contributed by atoms with van der Waals surface area (Å²) >= 11 is 0. The van der Waals surface area contributed by atoms with Crippen molar-refractivity contribution in [3.8, 4) is 0 Å². The molecule has 1 aliphatic rings. The number of rotatable bonds is 7. The lowest BCUT2D eigenvalue weighted by molar-refractivity contribution is 0.176. The Labute approximate surface area is 135 Å². The van der Waals surface area contributed by atoms with E-state index >= 15 is 0 Å². The summed E-state index contributed by atoms with van der Waals surface area (Å²) in [4.78, 5) is 11.4. The summed E-state index contributed by atoms with van der Waals surface area (Å²) in [6.45, 7) is 5.42. The van der Waals surface area contributed by atoms with E-state index in [1.54, 1.807) is 7.11 Å². The maximum absolute atomic E-state index is 5.44. The molecule has 126 valence electrons. The van der Waals surface area contributed by atoms with Crippen LogP contribution in [-0.2, 0) is 24.1 Å². The van der Waals surface area contributed by atoms with Gasteiger partial charge in [0, 0.05) is 26.5 Å². The lowest BCUT2D eigenvalue weighted by Gasteiger charge is -2.30. The average Bonchev–Trinajstić information content (AvgIpc) is 3.22. The van der Waals surface area contributed by atoms with Crippen LogP contribution in [0.15, 0.2) is 4.52 Å². The summed E-state index contributed by atoms with van der Waals surface area (Å²) in [5, 5.41) is 11.3. The second-order valence-corrected chi connectivity index (χ2v) is 5.92. The van der Waals surface area contributed by atoms with Crippen LogP contribution in [0.25, 0.3) is 0 Å². The van der Waals surface area contributed by atoms with Gasteiger partial charge in [-0.05, 0) is 19.4 Å². The lowest BCUT2D eigenvalue weighted by atomic mass is 9.98. The molecule has 0 aliphatic carbocycles. The molecule has 2 aromatic heterocycles. The number of aromatic nitrogens is 5. The highest BCUT2D eigenvalue weighted by atomic mass is 16.5. The molecule has 0 unspecified atom stereocenters. The van der Waals surface area contributed by atoms with Crippen molar-refractivity contribution in [1.29, 1.82) is 0 Å². The minimum Gasteiger partial charge on any atom is -0.384 e. The van der Waals surface area contributed by atoms with Gasteiger partial charge in [0.1, 0.15) is 11.6 Å². The number of likely N-dealkylation sites (tertiary alicyclic amines) is 1. The summed E-state index contributed by atoms with van der Waals surface area (Å²) in [7, 11) is 1.67. The second kappa shape index (κ2) is 7.65. The third-order valence-corrected chi connectivity index (χ3v) is 4.14. The number of methoxy groups -OCH3 is 1. The summed E-state index contributed by atoms with van der Waals surface area (Å²) < 4.78 is 10.5. The van der Waals surface area contributed by atoms with Gasteiger partial charge in [0.2, 0.25) is 5.89 Å². The van der Waals surface area contributed by atoms with Crippen molar-refractivity contribution in [3.05, 3.63) is 23.4 Å². The Morgan fingerprint density at radius 1 is 1.35 bits per heavy atom. The van der Waals surface area contributed by atoms with Crippen molar-refractivity contribution in [3.63, 3.8) is 0 Å². The number of aromatic amines is 1. The Hall–Kier alpha value is -1.80. The number of piperidine rings is 1. The number of nitrogens with zero attached hydrogens (tertiary/aromatic N) is 5. The maximum atomic E-state index is 5.44. The van der Waals surface area contributed by atoms with Crippen molar-refractivity contribution in [1.82, 2.24) is 30.2 Å². The molecule has 8 heteroatoms. The highest BCUT2D eigenvalue weighted by molar-refractivity contribution is 4.98. The van der Waals surface area contributed by atoms with Crippen molar-refractivity contribution in [2.75, 3.05) is 26.8 Å². The van der Waals surface area contributed by atoms with Gasteiger partial charge in [-0.3, -0.25) is 10.00 Å². The van der Waals surface area contributed by atoms with Gasteiger partial charge < -0.3 is 9.26 Å². The fourth-order valence-corrected chi connectivity index (χ4v) is 2.90. The zero-order valence-electron chi connectivity index (χ0n) is 13.8. The molecule has 0 aromatic carbocycles. The van der Waals surface area contributed by atoms with Crippen molar-refractivity contribution in [2.45, 2.75) is 45.1 Å². The minimum atomic E-state index is 0.293. The topological polar surface area (TPSA) is 93.0 Å². The summed E-state index contributed by atoms with van der Waals surface area (Å²) in [5.41, 5.74) is 0. The second-order valence-electron chi connectivity index (χ2n) is 5.92. The van der Waals surface area contributed by atoms with Gasteiger partial charge in [0.05, 0.1) is 19.1 Å². The lowest BCUT2D eigenvalue weighted by Crippen LogP contribution is -2.34. The van der Waals surface area contributed by atoms with Gasteiger partial charge in [-0.2, -0.15) is 10.1 Å². The van der Waals surface area contributed by atoms with Crippen LogP contribution in [0.3, 0.4) is 0 Å². The number of nitrogens with one attached hydrogen (secondary N) is 1. The number of hydrogen-bond donors (Lipinski definition) is 1. The van der Waals surface area contributed by atoms with Gasteiger partial charge in [0.25, 0.3) is 0 Å². The third kappa shape index (κ3) is 4.14. The monoisotopic (exact) mass is 320 g/mol. The largest absolute Gasteiger partial charge is 0.384 e. The predicted octanol–water partition coefficient (Wildman–Crippen LogP) is 1.32. The molecule has 0 radical (unpaired) electrons. The van der Waals surface area contributed by atoms with Gasteiger partial charge in [0.15, 0.2) is 5.82 Å². The number of H-pyrrole nitrogens is 1. The van der Waals surface area contributed by atoms with Crippen LogP contribution in [0.5, 0.6) is 0 Å². The maximum Gasteiger partial charge on any atom is 0.231 e. The predicted molar refractivity (Wildman–Crippen MR) is 82.9 cm³/mol. The SMILES string of the molecule is CCc1n[nH]c(CN2CCC[C@H](c3nc(CCOC)no3)C2)n1. The zero-order valence-corrected chi connectivity index (χ0v) is 13.8. The Morgan fingerprint density at radius 2 is 2.26 bits per heavy atom. The van der Waals surface area contributed by atoms with Gasteiger partial charge >= 0.3 is 0 Å². The molecule has 1 N–H and O–H groups in total. The van der Waals surface area contributed by atoms with E-state index in [1.807, 2.05) is 0 Å². The van der Waals surface area contributed by atoms with Crippen LogP contribution < -0.4 is 0 Å². The van der Waals surface area contributed by atoms with Crippen LogP contribution in [0.4, 0.5) is 0 Å². The smallest absolute Gasteiger partial charge is 0.231 e. The molecule has 1 fully saturated rings. The van der Waals surface area contributed by atoms with Crippen LogP contribution >= 0.6 is 0 Å². The van der Waals surface area contributed by atoms with E-state index in [4.69, 9.17) is 9.26 Å². The molecular weight excluding hydrogens is 296 g/mol. The highest BCUT2D eigenvalue weighted by Crippen LogP contribution is 2.26. The van der Waals surface area contributed by atoms with Gasteiger partial charge in [-0.15, -0.1) is 0 Å². The number of hydrogen-bond acceptors (Lipinski definition) is 7. The fourth-order valence-electron chi connectivity index (χ4n) is 2.90. The third-order valence-electron chi connectivity index (χ3n) is 4.14. The molecule has 1 aliphatic heterocycles. The van der Waals surface area contributed by atoms with Crippen molar-refractivity contribution >= 4 is 0 Å². The van der Waals surface area contributed by atoms with Crippen molar-refractivity contribution < 1.29 is 9.26 Å². The molecule has 0 saturated carbocycles. The Morgan fingerprint density at radius 3 is 3.04 bits per heavy atom. The van der Waals surface area contributed by atoms with Crippen molar-refractivity contribution in [2.24, 2.45) is 0 Å². The standard InChI is InChI=1S/C15H24N6O2/c1-3-12-16-14(19-18-12)10-21-7-4-5-11(9-21)15-17-13(20-23-15)6-8-22-2/h11H,3-10H2,1-2H3,(H,16,18,19)/t11-/m0/s1. The summed E-state index contributed by atoms with van der Waals surface area (Å²) in [5.74, 6) is 3.55. The summed E-state index contributed by atoms with van der Waals surface area (Å²) in [6, 6.07) is 0. The number of ether oxygens (including phenoxy) is 1. The Bertz CT molecular complexity index is 611. The first-order chi connectivity index (χ1) is 11.3. The van der Waals surface area contributed by atoms with E-state index in [2.05, 4.69) is 37.1 Å². The average molecular weight is 320 g/mol. The first-order valence-electron chi connectivity index (χ1n) is 8.22. The number of aryl methyl sites for hydroxylation is 1. The molecule has 0 amide bonds. The quantitative estimate of drug-likeness (QED) is 0.822. The first kappa shape index (κ1) is 16.1. The molecule has 2 aromatic rings. The van der Waals surface area contributed by atoms with E-state index in [0.717, 1.165) is 62.3 Å². The van der Waals surface area contributed by atoms with Gasteiger partial charge in [-0.1, -0.05) is 12.1 Å². The molecular formula is C15H24N6O2. The van der Waals surface area contributed by atoms with Crippen LogP contribution in [-0.4, -0.2) is 57.0 Å². The van der Waals surface area contributed by atoms with E-state index in [9.17, 15) is 0 Å². The fraction of sp³-hybridized carbons (Fsp3) is 0.733. The molecule has 8 nitrogen and oxygen atoms in total. The molecule has 0 spiro atoms. The normalized spacial score (nSPS) is 19.3. The van der Waals surface area contributed by atoms with Crippen LogP contribution in [0, 0.1) is 0 Å². The van der Waals surface area contributed by atoms with Crippen LogP contribution in [0.1, 0.15) is 49.0 Å². The molecule has 0 bridgehead atoms. The molecule has 1 saturated heterocycles. The molecule has 3 rings (SSSR count). The van der Waals surface area contributed by atoms with E-state index in [-0.39, 0.29) is 0 Å². The van der Waals surface area contributed by atoms with Crippen LogP contribution in [0.2, 0.25) is 0 Å². The molecule has 23 heavy (non-hydrogen) atoms. The Balaban J connectivity index is 1.58. The van der Waals surface area contributed by atoms with E-state index in [0.29, 0.717) is 18.9 Å².